The van der Waals surface area contributed by atoms with Gasteiger partial charge in [-0.1, -0.05) is 58.1 Å². The van der Waals surface area contributed by atoms with Crippen LogP contribution in [0.5, 0.6) is 0 Å². The highest BCUT2D eigenvalue weighted by Gasteiger charge is 2.27. The molecule has 0 aliphatic rings. The third-order valence-corrected chi connectivity index (χ3v) is 6.02. The Labute approximate surface area is 181 Å². The molecule has 0 spiro atoms. The van der Waals surface area contributed by atoms with Gasteiger partial charge in [0, 0.05) is 13.7 Å². The maximum atomic E-state index is 12.9. The van der Waals surface area contributed by atoms with Crippen molar-refractivity contribution in [3.8, 4) is 0 Å². The van der Waals surface area contributed by atoms with Crippen LogP contribution < -0.4 is 0 Å². The van der Waals surface area contributed by atoms with Gasteiger partial charge in [0.1, 0.15) is 11.5 Å². The molecule has 30 heavy (non-hydrogen) atoms. The lowest BCUT2D eigenvalue weighted by atomic mass is 10.1. The topological polar surface area (TPSA) is 88.1 Å². The minimum Gasteiger partial charge on any atom is -0.457 e. The van der Waals surface area contributed by atoms with Gasteiger partial charge in [-0.2, -0.15) is 8.42 Å². The lowest BCUT2D eigenvalue weighted by molar-refractivity contribution is -0.144. The minimum atomic E-state index is -4.12. The van der Waals surface area contributed by atoms with Crippen molar-refractivity contribution in [1.29, 1.82) is 0 Å². The second-order valence-electron chi connectivity index (χ2n) is 7.03. The molecule has 0 N–H and O–H groups in total. The predicted octanol–water partition coefficient (Wildman–Crippen LogP) is 4.70. The molecule has 0 bridgehead atoms. The van der Waals surface area contributed by atoms with Crippen LogP contribution in [0, 0.1) is 0 Å². The van der Waals surface area contributed by atoms with Crippen molar-refractivity contribution in [3.63, 3.8) is 0 Å². The lowest BCUT2D eigenvalue weighted by Gasteiger charge is -2.19. The number of rotatable bonds is 16. The van der Waals surface area contributed by atoms with Crippen LogP contribution in [-0.4, -0.2) is 47.1 Å². The zero-order valence-corrected chi connectivity index (χ0v) is 19.4. The van der Waals surface area contributed by atoms with Gasteiger partial charge in [0.15, 0.2) is 6.29 Å². The Morgan fingerprint density at radius 1 is 1.00 bits per heavy atom. The average Bonchev–Trinajstić information content (AvgIpc) is 2.73. The van der Waals surface area contributed by atoms with Crippen LogP contribution in [0.4, 0.5) is 0 Å². The Bertz CT molecular complexity index is 718. The molecule has 1 aromatic carbocycles. The van der Waals surface area contributed by atoms with E-state index in [1.807, 2.05) is 6.92 Å². The van der Waals surface area contributed by atoms with Gasteiger partial charge in [-0.3, -0.25) is 4.18 Å². The zero-order chi connectivity index (χ0) is 22.4. The van der Waals surface area contributed by atoms with Gasteiger partial charge in [0.2, 0.25) is 0 Å². The molecule has 172 valence electrons. The summed E-state index contributed by atoms with van der Waals surface area (Å²) in [6, 6.07) is 5.92. The van der Waals surface area contributed by atoms with Crippen molar-refractivity contribution < 1.29 is 31.6 Å². The fourth-order valence-electron chi connectivity index (χ4n) is 3.04. The molecule has 0 radical (unpaired) electrons. The molecule has 0 aliphatic carbocycles. The maximum Gasteiger partial charge on any atom is 0.339 e. The van der Waals surface area contributed by atoms with E-state index in [4.69, 9.17) is 18.4 Å². The number of carbonyl (C=O) groups excluding carboxylic acids is 1. The Hall–Kier alpha value is -1.48. The summed E-state index contributed by atoms with van der Waals surface area (Å²) in [7, 11) is -2.68. The molecule has 2 unspecified atom stereocenters. The van der Waals surface area contributed by atoms with Crippen molar-refractivity contribution in [1.82, 2.24) is 0 Å². The molecule has 2 atom stereocenters. The van der Waals surface area contributed by atoms with E-state index in [1.54, 1.807) is 19.1 Å². The summed E-state index contributed by atoms with van der Waals surface area (Å²) in [6.45, 7) is 6.16. The number of hydrogen-bond acceptors (Lipinski definition) is 7. The van der Waals surface area contributed by atoms with Crippen LogP contribution in [0.3, 0.4) is 0 Å². The molecular weight excluding hydrogens is 408 g/mol. The molecule has 0 fully saturated rings. The number of methoxy groups -OCH3 is 1. The van der Waals surface area contributed by atoms with E-state index in [-0.39, 0.29) is 17.1 Å². The first-order chi connectivity index (χ1) is 14.4. The van der Waals surface area contributed by atoms with Gasteiger partial charge in [-0.05, 0) is 31.9 Å². The molecule has 0 amide bonds. The molecular formula is C22H36O7S. The van der Waals surface area contributed by atoms with Gasteiger partial charge in [-0.25, -0.2) is 4.79 Å². The SMILES string of the molecule is CCCCCCC(CCC)OS(=O)(=O)c1ccccc1C(=O)OCC(OC)OCC. The van der Waals surface area contributed by atoms with Crippen LogP contribution in [-0.2, 0) is 28.5 Å². The predicted molar refractivity (Wildman–Crippen MR) is 115 cm³/mol. The number of hydrogen-bond donors (Lipinski definition) is 0. The highest BCUT2D eigenvalue weighted by Crippen LogP contribution is 2.23. The Kier molecular flexibility index (Phi) is 12.8. The molecule has 1 aromatic rings. The van der Waals surface area contributed by atoms with Crippen LogP contribution in [0.25, 0.3) is 0 Å². The number of esters is 1. The monoisotopic (exact) mass is 444 g/mol. The number of carbonyl (C=O) groups is 1. The summed E-state index contributed by atoms with van der Waals surface area (Å²) >= 11 is 0. The van der Waals surface area contributed by atoms with Gasteiger partial charge in [-0.15, -0.1) is 0 Å². The summed E-state index contributed by atoms with van der Waals surface area (Å²) in [6.07, 6.45) is 5.19. The largest absolute Gasteiger partial charge is 0.457 e. The smallest absolute Gasteiger partial charge is 0.339 e. The molecule has 7 nitrogen and oxygen atoms in total. The van der Waals surface area contributed by atoms with Crippen LogP contribution in [0.15, 0.2) is 29.2 Å². The first-order valence-electron chi connectivity index (χ1n) is 10.7. The van der Waals surface area contributed by atoms with E-state index >= 15 is 0 Å². The Balaban J connectivity index is 2.91. The molecule has 8 heteroatoms. The van der Waals surface area contributed by atoms with Crippen molar-refractivity contribution in [2.45, 2.75) is 83.0 Å². The highest BCUT2D eigenvalue weighted by atomic mass is 32.2. The van der Waals surface area contributed by atoms with Gasteiger partial charge in [0.05, 0.1) is 11.7 Å². The number of benzene rings is 1. The summed E-state index contributed by atoms with van der Waals surface area (Å²) < 4.78 is 47.0. The maximum absolute atomic E-state index is 12.9. The Morgan fingerprint density at radius 3 is 2.37 bits per heavy atom. The standard InChI is InChI=1S/C22H36O7S/c1-5-8-9-10-14-18(13-6-2)29-30(24,25)20-16-12-11-15-19(20)22(23)28-17-21(26-4)27-7-3/h11-12,15-16,18,21H,5-10,13-14,17H2,1-4H3. The minimum absolute atomic E-state index is 0.0647. The molecule has 1 rings (SSSR count). The van der Waals surface area contributed by atoms with E-state index < -0.39 is 28.5 Å². The summed E-state index contributed by atoms with van der Waals surface area (Å²) in [5, 5.41) is 0. The molecule has 0 saturated heterocycles. The van der Waals surface area contributed by atoms with E-state index in [2.05, 4.69) is 6.92 Å². The third-order valence-electron chi connectivity index (χ3n) is 4.60. The first-order valence-corrected chi connectivity index (χ1v) is 12.1. The van der Waals surface area contributed by atoms with E-state index in [9.17, 15) is 13.2 Å². The molecule has 0 saturated carbocycles. The highest BCUT2D eigenvalue weighted by molar-refractivity contribution is 7.86. The van der Waals surface area contributed by atoms with E-state index in [0.717, 1.165) is 32.1 Å². The normalized spacial score (nSPS) is 13.7. The van der Waals surface area contributed by atoms with E-state index in [1.165, 1.54) is 19.2 Å². The number of unbranched alkanes of at least 4 members (excludes halogenated alkanes) is 3. The summed E-state index contributed by atoms with van der Waals surface area (Å²) in [5.74, 6) is -0.769. The van der Waals surface area contributed by atoms with Gasteiger partial charge >= 0.3 is 5.97 Å². The quantitative estimate of drug-likeness (QED) is 0.158. The first kappa shape index (κ1) is 26.6. The third kappa shape index (κ3) is 9.12. The van der Waals surface area contributed by atoms with Crippen molar-refractivity contribution in [2.75, 3.05) is 20.3 Å². The Morgan fingerprint density at radius 2 is 1.73 bits per heavy atom. The van der Waals surface area contributed by atoms with Crippen molar-refractivity contribution in [2.24, 2.45) is 0 Å². The van der Waals surface area contributed by atoms with Crippen molar-refractivity contribution in [3.05, 3.63) is 29.8 Å². The lowest BCUT2D eigenvalue weighted by Crippen LogP contribution is -2.25. The van der Waals surface area contributed by atoms with Gasteiger partial charge in [0.25, 0.3) is 10.1 Å². The average molecular weight is 445 g/mol. The molecule has 0 heterocycles. The van der Waals surface area contributed by atoms with E-state index in [0.29, 0.717) is 19.4 Å². The molecule has 0 aromatic heterocycles. The zero-order valence-electron chi connectivity index (χ0n) is 18.6. The second-order valence-corrected chi connectivity index (χ2v) is 8.57. The summed E-state index contributed by atoms with van der Waals surface area (Å²) in [4.78, 5) is 12.4. The number of ether oxygens (including phenoxy) is 3. The van der Waals surface area contributed by atoms with Crippen LogP contribution in [0.2, 0.25) is 0 Å². The summed E-state index contributed by atoms with van der Waals surface area (Å²) in [5.41, 5.74) is -0.0647. The van der Waals surface area contributed by atoms with Crippen LogP contribution in [0.1, 0.15) is 76.1 Å². The second kappa shape index (κ2) is 14.5. The van der Waals surface area contributed by atoms with Gasteiger partial charge < -0.3 is 14.2 Å². The fourth-order valence-corrected chi connectivity index (χ4v) is 4.36. The fraction of sp³-hybridized carbons (Fsp3) is 0.682. The molecule has 0 aliphatic heterocycles. The van der Waals surface area contributed by atoms with Crippen LogP contribution >= 0.6 is 0 Å². The van der Waals surface area contributed by atoms with Crippen molar-refractivity contribution >= 4 is 16.1 Å².